The standard InChI is InChI=1S/C12H17N5O/c1-9(2)14-5-10-4-13-8-15-12(10)17-7-11(18-3)6-16-17/h4,6-9,14H,5H2,1-3H3. The average Bonchev–Trinajstić information content (AvgIpc) is 2.85. The highest BCUT2D eigenvalue weighted by Crippen LogP contribution is 2.14. The van der Waals surface area contributed by atoms with E-state index in [0.717, 1.165) is 11.4 Å². The van der Waals surface area contributed by atoms with Gasteiger partial charge in [-0.25, -0.2) is 14.6 Å². The van der Waals surface area contributed by atoms with E-state index in [-0.39, 0.29) is 0 Å². The number of nitrogens with zero attached hydrogens (tertiary/aromatic N) is 4. The maximum absolute atomic E-state index is 5.11. The molecule has 0 fully saturated rings. The van der Waals surface area contributed by atoms with Crippen LogP contribution in [0.4, 0.5) is 0 Å². The average molecular weight is 247 g/mol. The molecule has 2 rings (SSSR count). The van der Waals surface area contributed by atoms with Gasteiger partial charge >= 0.3 is 0 Å². The van der Waals surface area contributed by atoms with Crippen LogP contribution in [-0.4, -0.2) is 32.9 Å². The molecule has 0 aliphatic rings. The predicted molar refractivity (Wildman–Crippen MR) is 67.7 cm³/mol. The molecule has 96 valence electrons. The number of rotatable bonds is 5. The predicted octanol–water partition coefficient (Wildman–Crippen LogP) is 1.17. The van der Waals surface area contributed by atoms with E-state index in [1.165, 1.54) is 6.33 Å². The summed E-state index contributed by atoms with van der Waals surface area (Å²) in [6.45, 7) is 4.90. The van der Waals surface area contributed by atoms with E-state index in [1.807, 2.05) is 0 Å². The van der Waals surface area contributed by atoms with Crippen molar-refractivity contribution in [1.29, 1.82) is 0 Å². The minimum atomic E-state index is 0.408. The summed E-state index contributed by atoms with van der Waals surface area (Å²) >= 11 is 0. The first-order chi connectivity index (χ1) is 8.70. The van der Waals surface area contributed by atoms with Gasteiger partial charge in [0.25, 0.3) is 0 Å². The van der Waals surface area contributed by atoms with Crippen molar-refractivity contribution in [2.75, 3.05) is 7.11 Å². The molecule has 6 heteroatoms. The highest BCUT2D eigenvalue weighted by Gasteiger charge is 2.08. The number of hydrogen-bond donors (Lipinski definition) is 1. The highest BCUT2D eigenvalue weighted by molar-refractivity contribution is 5.32. The molecule has 18 heavy (non-hydrogen) atoms. The van der Waals surface area contributed by atoms with Crippen molar-refractivity contribution in [1.82, 2.24) is 25.1 Å². The van der Waals surface area contributed by atoms with Crippen LogP contribution in [0.1, 0.15) is 19.4 Å². The van der Waals surface area contributed by atoms with Gasteiger partial charge in [0.05, 0.1) is 19.5 Å². The third kappa shape index (κ3) is 2.84. The van der Waals surface area contributed by atoms with Crippen LogP contribution in [0.5, 0.6) is 5.75 Å². The van der Waals surface area contributed by atoms with Gasteiger partial charge in [-0.05, 0) is 0 Å². The maximum atomic E-state index is 5.11. The van der Waals surface area contributed by atoms with Crippen molar-refractivity contribution in [3.8, 4) is 11.6 Å². The van der Waals surface area contributed by atoms with Gasteiger partial charge in [0.15, 0.2) is 11.6 Å². The molecule has 6 nitrogen and oxygen atoms in total. The molecule has 2 aromatic rings. The Morgan fingerprint density at radius 2 is 2.22 bits per heavy atom. The Labute approximate surface area is 106 Å². The molecule has 0 radical (unpaired) electrons. The zero-order valence-corrected chi connectivity index (χ0v) is 10.8. The van der Waals surface area contributed by atoms with Crippen LogP contribution in [0.2, 0.25) is 0 Å². The third-order valence-corrected chi connectivity index (χ3v) is 2.48. The van der Waals surface area contributed by atoms with E-state index in [4.69, 9.17) is 4.74 Å². The number of hydrogen-bond acceptors (Lipinski definition) is 5. The SMILES string of the molecule is COc1cnn(-c2ncncc2CNC(C)C)c1. The first-order valence-electron chi connectivity index (χ1n) is 5.82. The Hall–Kier alpha value is -1.95. The topological polar surface area (TPSA) is 64.9 Å². The third-order valence-electron chi connectivity index (χ3n) is 2.48. The molecule has 0 aliphatic carbocycles. The van der Waals surface area contributed by atoms with Crippen LogP contribution < -0.4 is 10.1 Å². The summed E-state index contributed by atoms with van der Waals surface area (Å²) in [6, 6.07) is 0.408. The van der Waals surface area contributed by atoms with Crippen LogP contribution >= 0.6 is 0 Å². The van der Waals surface area contributed by atoms with Crippen LogP contribution in [0, 0.1) is 0 Å². The molecule has 0 atom stereocenters. The fourth-order valence-electron chi connectivity index (χ4n) is 1.52. The lowest BCUT2D eigenvalue weighted by atomic mass is 10.3. The minimum absolute atomic E-state index is 0.408. The largest absolute Gasteiger partial charge is 0.493 e. The second kappa shape index (κ2) is 5.59. The van der Waals surface area contributed by atoms with Gasteiger partial charge in [-0.3, -0.25) is 0 Å². The molecule has 0 amide bonds. The molecule has 0 spiro atoms. The summed E-state index contributed by atoms with van der Waals surface area (Å²) in [5, 5.41) is 7.56. The van der Waals surface area contributed by atoms with Gasteiger partial charge in [0.2, 0.25) is 0 Å². The van der Waals surface area contributed by atoms with Crippen LogP contribution in [0.25, 0.3) is 5.82 Å². The van der Waals surface area contributed by atoms with Crippen molar-refractivity contribution in [2.45, 2.75) is 26.4 Å². The molecule has 0 aromatic carbocycles. The summed E-state index contributed by atoms with van der Waals surface area (Å²) in [6.07, 6.45) is 6.76. The van der Waals surface area contributed by atoms with E-state index in [0.29, 0.717) is 18.3 Å². The Morgan fingerprint density at radius 3 is 2.89 bits per heavy atom. The van der Waals surface area contributed by atoms with E-state index in [9.17, 15) is 0 Å². The van der Waals surface area contributed by atoms with E-state index in [1.54, 1.807) is 30.4 Å². The van der Waals surface area contributed by atoms with Crippen LogP contribution in [0.15, 0.2) is 24.9 Å². The first kappa shape index (κ1) is 12.5. The van der Waals surface area contributed by atoms with Crippen molar-refractivity contribution in [2.24, 2.45) is 0 Å². The lowest BCUT2D eigenvalue weighted by molar-refractivity contribution is 0.414. The Kier molecular flexibility index (Phi) is 3.88. The molecule has 0 aliphatic heterocycles. The van der Waals surface area contributed by atoms with Gasteiger partial charge in [-0.2, -0.15) is 5.10 Å². The summed E-state index contributed by atoms with van der Waals surface area (Å²) in [5.41, 5.74) is 0.997. The maximum Gasteiger partial charge on any atom is 0.161 e. The van der Waals surface area contributed by atoms with Gasteiger partial charge in [-0.15, -0.1) is 0 Å². The Balaban J connectivity index is 2.26. The number of aromatic nitrogens is 4. The van der Waals surface area contributed by atoms with Gasteiger partial charge in [0.1, 0.15) is 6.33 Å². The fraction of sp³-hybridized carbons (Fsp3) is 0.417. The summed E-state index contributed by atoms with van der Waals surface area (Å²) < 4.78 is 6.80. The van der Waals surface area contributed by atoms with Crippen molar-refractivity contribution < 1.29 is 4.74 Å². The summed E-state index contributed by atoms with van der Waals surface area (Å²) in [7, 11) is 1.61. The van der Waals surface area contributed by atoms with Crippen LogP contribution in [-0.2, 0) is 6.54 Å². The van der Waals surface area contributed by atoms with Gasteiger partial charge in [0, 0.05) is 24.3 Å². The van der Waals surface area contributed by atoms with Crippen molar-refractivity contribution in [3.63, 3.8) is 0 Å². The number of methoxy groups -OCH3 is 1. The smallest absolute Gasteiger partial charge is 0.161 e. The normalized spacial score (nSPS) is 10.9. The quantitative estimate of drug-likeness (QED) is 0.859. The molecule has 2 heterocycles. The molecule has 1 N–H and O–H groups in total. The van der Waals surface area contributed by atoms with Crippen molar-refractivity contribution in [3.05, 3.63) is 30.5 Å². The molecular weight excluding hydrogens is 230 g/mol. The van der Waals surface area contributed by atoms with E-state index < -0.39 is 0 Å². The van der Waals surface area contributed by atoms with Gasteiger partial charge in [-0.1, -0.05) is 13.8 Å². The van der Waals surface area contributed by atoms with Crippen LogP contribution in [0.3, 0.4) is 0 Å². The molecule has 2 aromatic heterocycles. The molecule has 0 saturated heterocycles. The second-order valence-electron chi connectivity index (χ2n) is 4.23. The monoisotopic (exact) mass is 247 g/mol. The van der Waals surface area contributed by atoms with E-state index >= 15 is 0 Å². The summed E-state index contributed by atoms with van der Waals surface area (Å²) in [5.74, 6) is 1.47. The zero-order valence-electron chi connectivity index (χ0n) is 10.8. The Bertz CT molecular complexity index is 509. The number of nitrogens with one attached hydrogen (secondary N) is 1. The Morgan fingerprint density at radius 1 is 1.39 bits per heavy atom. The fourth-order valence-corrected chi connectivity index (χ4v) is 1.52. The first-order valence-corrected chi connectivity index (χ1v) is 5.82. The zero-order chi connectivity index (χ0) is 13.0. The summed E-state index contributed by atoms with van der Waals surface area (Å²) in [4.78, 5) is 8.32. The number of ether oxygens (including phenoxy) is 1. The van der Waals surface area contributed by atoms with Crippen molar-refractivity contribution >= 4 is 0 Å². The molecular formula is C12H17N5O. The highest BCUT2D eigenvalue weighted by atomic mass is 16.5. The lowest BCUT2D eigenvalue weighted by Crippen LogP contribution is -2.23. The lowest BCUT2D eigenvalue weighted by Gasteiger charge is -2.10. The van der Waals surface area contributed by atoms with E-state index in [2.05, 4.69) is 34.2 Å². The van der Waals surface area contributed by atoms with Gasteiger partial charge < -0.3 is 10.1 Å². The molecule has 0 saturated carbocycles. The minimum Gasteiger partial charge on any atom is -0.493 e. The second-order valence-corrected chi connectivity index (χ2v) is 4.23. The molecule has 0 bridgehead atoms. The molecule has 0 unspecified atom stereocenters.